The fraction of sp³-hybridized carbons (Fsp3) is 0.565. The van der Waals surface area contributed by atoms with Crippen molar-refractivity contribution in [1.29, 1.82) is 0 Å². The zero-order valence-corrected chi connectivity index (χ0v) is 18.8. The van der Waals surface area contributed by atoms with E-state index in [2.05, 4.69) is 20.3 Å². The van der Waals surface area contributed by atoms with Crippen molar-refractivity contribution in [3.63, 3.8) is 0 Å². The number of ether oxygens (including phenoxy) is 1. The molecule has 0 spiro atoms. The van der Waals surface area contributed by atoms with E-state index in [9.17, 15) is 13.6 Å². The van der Waals surface area contributed by atoms with Crippen LogP contribution < -0.4 is 20.7 Å². The molecular weight excluding hydrogens is 430 g/mol. The van der Waals surface area contributed by atoms with Gasteiger partial charge >= 0.3 is 0 Å². The van der Waals surface area contributed by atoms with Gasteiger partial charge < -0.3 is 20.7 Å². The quantitative estimate of drug-likeness (QED) is 0.611. The lowest BCUT2D eigenvalue weighted by Gasteiger charge is -2.31. The lowest BCUT2D eigenvalue weighted by Crippen LogP contribution is -2.33. The third-order valence-electron chi connectivity index (χ3n) is 6.17. The standard InChI is InChI=1S/C23H30F2N6O2/c1-15-11-17(31-10-4-6-20(31)32)13-18(12-15)33-14-19-28-21(26)30-22(29-19)27-9-7-16-5-2-3-8-23(16,24)25/h11-13,16H,2-10,14H2,1H3,(H3,26,27,28,29,30). The maximum atomic E-state index is 14.0. The first kappa shape index (κ1) is 23.1. The minimum Gasteiger partial charge on any atom is -0.486 e. The number of aromatic nitrogens is 3. The third kappa shape index (κ3) is 5.85. The van der Waals surface area contributed by atoms with E-state index < -0.39 is 11.8 Å². The fourth-order valence-corrected chi connectivity index (χ4v) is 4.50. The Hall–Kier alpha value is -3.04. The van der Waals surface area contributed by atoms with Crippen LogP contribution >= 0.6 is 0 Å². The van der Waals surface area contributed by atoms with Crippen molar-refractivity contribution in [3.05, 3.63) is 29.6 Å². The first-order valence-corrected chi connectivity index (χ1v) is 11.5. The highest BCUT2D eigenvalue weighted by Gasteiger charge is 2.40. The monoisotopic (exact) mass is 460 g/mol. The van der Waals surface area contributed by atoms with E-state index in [4.69, 9.17) is 10.5 Å². The summed E-state index contributed by atoms with van der Waals surface area (Å²) in [5.41, 5.74) is 7.59. The van der Waals surface area contributed by atoms with Crippen LogP contribution in [0.3, 0.4) is 0 Å². The number of benzene rings is 1. The molecule has 0 radical (unpaired) electrons. The topological polar surface area (TPSA) is 106 Å². The number of nitrogens with one attached hydrogen (secondary N) is 1. The Morgan fingerprint density at radius 1 is 1.21 bits per heavy atom. The minimum absolute atomic E-state index is 0.0293. The molecule has 2 aromatic rings. The number of nitrogens with zero attached hydrogens (tertiary/aromatic N) is 4. The van der Waals surface area contributed by atoms with Crippen LogP contribution in [0.2, 0.25) is 0 Å². The van der Waals surface area contributed by atoms with Crippen molar-refractivity contribution >= 4 is 23.5 Å². The van der Waals surface area contributed by atoms with Crippen LogP contribution in [-0.2, 0) is 11.4 Å². The highest BCUT2D eigenvalue weighted by atomic mass is 19.3. The molecule has 1 amide bonds. The highest BCUT2D eigenvalue weighted by Crippen LogP contribution is 2.40. The molecule has 3 N–H and O–H groups in total. The van der Waals surface area contributed by atoms with Gasteiger partial charge in [0, 0.05) is 43.6 Å². The number of amides is 1. The summed E-state index contributed by atoms with van der Waals surface area (Å²) in [6.45, 7) is 3.03. The molecule has 178 valence electrons. The van der Waals surface area contributed by atoms with Crippen molar-refractivity contribution in [2.75, 3.05) is 29.0 Å². The lowest BCUT2D eigenvalue weighted by molar-refractivity contribution is -0.117. The Balaban J connectivity index is 1.36. The molecule has 8 nitrogen and oxygen atoms in total. The molecule has 2 fully saturated rings. The Labute approximate surface area is 192 Å². The van der Waals surface area contributed by atoms with Crippen molar-refractivity contribution in [2.45, 2.75) is 64.4 Å². The average molecular weight is 461 g/mol. The fourth-order valence-electron chi connectivity index (χ4n) is 4.50. The first-order valence-electron chi connectivity index (χ1n) is 11.5. The smallest absolute Gasteiger partial charge is 0.251 e. The third-order valence-corrected chi connectivity index (χ3v) is 6.17. The molecule has 1 aliphatic heterocycles. The van der Waals surface area contributed by atoms with Crippen LogP contribution in [0.4, 0.5) is 26.4 Å². The molecule has 1 aliphatic carbocycles. The van der Waals surface area contributed by atoms with E-state index in [1.165, 1.54) is 0 Å². The number of carbonyl (C=O) groups excluding carboxylic acids is 1. The molecule has 0 bridgehead atoms. The number of alkyl halides is 2. The average Bonchev–Trinajstić information content (AvgIpc) is 3.18. The normalized spacial score (nSPS) is 20.2. The van der Waals surface area contributed by atoms with Gasteiger partial charge in [-0.3, -0.25) is 4.79 Å². The molecule has 2 aliphatic rings. The van der Waals surface area contributed by atoms with Gasteiger partial charge in [-0.2, -0.15) is 15.0 Å². The van der Waals surface area contributed by atoms with Gasteiger partial charge in [-0.25, -0.2) is 8.78 Å². The predicted molar refractivity (Wildman–Crippen MR) is 121 cm³/mol. The molecule has 10 heteroatoms. The maximum Gasteiger partial charge on any atom is 0.251 e. The summed E-state index contributed by atoms with van der Waals surface area (Å²) in [5.74, 6) is -1.93. The summed E-state index contributed by atoms with van der Waals surface area (Å²) in [7, 11) is 0. The second-order valence-corrected chi connectivity index (χ2v) is 8.79. The zero-order chi connectivity index (χ0) is 23.4. The molecular formula is C23H30F2N6O2. The molecule has 33 heavy (non-hydrogen) atoms. The second-order valence-electron chi connectivity index (χ2n) is 8.79. The molecule has 1 aromatic carbocycles. The van der Waals surface area contributed by atoms with Crippen molar-refractivity contribution < 1.29 is 18.3 Å². The Morgan fingerprint density at radius 3 is 2.82 bits per heavy atom. The molecule has 1 saturated heterocycles. The molecule has 4 rings (SSSR count). The molecule has 1 aromatic heterocycles. The number of hydrogen-bond donors (Lipinski definition) is 2. The van der Waals surface area contributed by atoms with Crippen molar-refractivity contribution in [2.24, 2.45) is 5.92 Å². The number of nitrogen functional groups attached to an aromatic ring is 1. The van der Waals surface area contributed by atoms with Gasteiger partial charge in [0.05, 0.1) is 0 Å². The SMILES string of the molecule is Cc1cc(OCc2nc(N)nc(NCCC3CCCCC3(F)F)n2)cc(N2CCCC2=O)c1. The first-order chi connectivity index (χ1) is 15.8. The summed E-state index contributed by atoms with van der Waals surface area (Å²) in [4.78, 5) is 26.3. The Morgan fingerprint density at radius 2 is 2.06 bits per heavy atom. The van der Waals surface area contributed by atoms with Gasteiger partial charge in [-0.15, -0.1) is 0 Å². The number of anilines is 3. The predicted octanol–water partition coefficient (Wildman–Crippen LogP) is 4.10. The summed E-state index contributed by atoms with van der Waals surface area (Å²) < 4.78 is 33.9. The van der Waals surface area contributed by atoms with E-state index in [-0.39, 0.29) is 30.8 Å². The van der Waals surface area contributed by atoms with Crippen LogP contribution in [-0.4, -0.2) is 39.9 Å². The number of carbonyl (C=O) groups is 1. The number of aryl methyl sites for hydroxylation is 1. The summed E-state index contributed by atoms with van der Waals surface area (Å²) >= 11 is 0. The van der Waals surface area contributed by atoms with Crippen LogP contribution in [0, 0.1) is 12.8 Å². The second kappa shape index (κ2) is 9.84. The van der Waals surface area contributed by atoms with E-state index >= 15 is 0 Å². The number of hydrogen-bond acceptors (Lipinski definition) is 7. The van der Waals surface area contributed by atoms with E-state index in [1.807, 2.05) is 25.1 Å². The van der Waals surface area contributed by atoms with E-state index in [0.717, 1.165) is 24.1 Å². The van der Waals surface area contributed by atoms with E-state index in [1.54, 1.807) is 4.90 Å². The van der Waals surface area contributed by atoms with Crippen molar-refractivity contribution in [1.82, 2.24) is 15.0 Å². The molecule has 1 saturated carbocycles. The van der Waals surface area contributed by atoms with Crippen LogP contribution in [0.1, 0.15) is 56.3 Å². The molecule has 2 heterocycles. The van der Waals surface area contributed by atoms with Crippen LogP contribution in [0.5, 0.6) is 5.75 Å². The van der Waals surface area contributed by atoms with Crippen LogP contribution in [0.15, 0.2) is 18.2 Å². The van der Waals surface area contributed by atoms with Gasteiger partial charge in [0.25, 0.3) is 5.92 Å². The highest BCUT2D eigenvalue weighted by molar-refractivity contribution is 5.95. The van der Waals surface area contributed by atoms with Gasteiger partial charge in [0.1, 0.15) is 12.4 Å². The number of nitrogens with two attached hydrogens (primary N) is 1. The number of halogens is 2. The summed E-state index contributed by atoms with van der Waals surface area (Å²) in [6.07, 6.45) is 3.67. The Bertz CT molecular complexity index is 1000. The molecule has 1 unspecified atom stereocenters. The van der Waals surface area contributed by atoms with Gasteiger partial charge in [-0.05, 0) is 50.3 Å². The Kier molecular flexibility index (Phi) is 6.90. The zero-order valence-electron chi connectivity index (χ0n) is 18.8. The summed E-state index contributed by atoms with van der Waals surface area (Å²) in [5, 5.41) is 2.99. The van der Waals surface area contributed by atoms with Gasteiger partial charge in [0.15, 0.2) is 5.82 Å². The minimum atomic E-state index is -2.61. The number of rotatable bonds is 8. The maximum absolute atomic E-state index is 14.0. The lowest BCUT2D eigenvalue weighted by atomic mass is 9.83. The van der Waals surface area contributed by atoms with Crippen LogP contribution in [0.25, 0.3) is 0 Å². The largest absolute Gasteiger partial charge is 0.486 e. The summed E-state index contributed by atoms with van der Waals surface area (Å²) in [6, 6.07) is 5.65. The van der Waals surface area contributed by atoms with Gasteiger partial charge in [-0.1, -0.05) is 6.42 Å². The molecule has 1 atom stereocenters. The van der Waals surface area contributed by atoms with Gasteiger partial charge in [0.2, 0.25) is 17.8 Å². The van der Waals surface area contributed by atoms with Crippen molar-refractivity contribution in [3.8, 4) is 5.75 Å². The van der Waals surface area contributed by atoms with E-state index in [0.29, 0.717) is 50.3 Å².